The van der Waals surface area contributed by atoms with Gasteiger partial charge in [-0.15, -0.1) is 0 Å². The molecule has 8 nitrogen and oxygen atoms in total. The van der Waals surface area contributed by atoms with Crippen molar-refractivity contribution in [3.05, 3.63) is 29.2 Å². The molecule has 2 aromatic heterocycles. The number of alkyl halides is 1. The normalized spacial score (nSPS) is 24.8. The maximum Gasteiger partial charge on any atom is 0.152 e. The number of aromatic nitrogens is 3. The molecule has 5 rings (SSSR count). The molecule has 0 aromatic carbocycles. The molecule has 0 radical (unpaired) electrons. The number of anilines is 2. The van der Waals surface area contributed by atoms with Crippen LogP contribution in [0, 0.1) is 16.7 Å². The predicted molar refractivity (Wildman–Crippen MR) is 137 cm³/mol. The Morgan fingerprint density at radius 3 is 2.53 bits per heavy atom. The maximum absolute atomic E-state index is 13.3. The lowest BCUT2D eigenvalue weighted by Crippen LogP contribution is -2.60. The average Bonchev–Trinajstić information content (AvgIpc) is 3.15. The van der Waals surface area contributed by atoms with Crippen molar-refractivity contribution in [2.24, 2.45) is 16.7 Å². The number of halogens is 2. The van der Waals surface area contributed by atoms with Gasteiger partial charge in [-0.25, -0.2) is 15.0 Å². The molecule has 3 fully saturated rings. The molecule has 0 amide bonds. The zero-order chi connectivity index (χ0) is 25.5. The number of nitrogens with zero attached hydrogens (tertiary/aromatic N) is 5. The number of aliphatic hydroxyl groups excluding tert-OH is 2. The molecule has 0 saturated carbocycles. The van der Waals surface area contributed by atoms with Crippen LogP contribution in [0.1, 0.15) is 32.4 Å². The number of rotatable bonds is 7. The first-order valence-electron chi connectivity index (χ1n) is 12.4. The highest BCUT2D eigenvalue weighted by atomic mass is 35.5. The van der Waals surface area contributed by atoms with E-state index in [0.29, 0.717) is 46.7 Å². The van der Waals surface area contributed by atoms with Crippen LogP contribution >= 0.6 is 23.4 Å². The van der Waals surface area contributed by atoms with Gasteiger partial charge in [0.05, 0.1) is 42.6 Å². The second-order valence-electron chi connectivity index (χ2n) is 10.5. The van der Waals surface area contributed by atoms with Crippen LogP contribution in [0.15, 0.2) is 28.4 Å². The fourth-order valence-electron chi connectivity index (χ4n) is 5.62. The Labute approximate surface area is 220 Å². The molecular formula is C25H33ClFN5O3S. The van der Waals surface area contributed by atoms with Crippen LogP contribution < -0.4 is 9.80 Å². The highest BCUT2D eigenvalue weighted by Crippen LogP contribution is 2.47. The van der Waals surface area contributed by atoms with E-state index in [1.54, 1.807) is 18.5 Å². The largest absolute Gasteiger partial charge is 0.396 e. The van der Waals surface area contributed by atoms with Gasteiger partial charge in [-0.1, -0.05) is 30.3 Å². The zero-order valence-corrected chi connectivity index (χ0v) is 22.2. The first-order chi connectivity index (χ1) is 17.3. The van der Waals surface area contributed by atoms with E-state index in [-0.39, 0.29) is 18.6 Å². The smallest absolute Gasteiger partial charge is 0.152 e. The van der Waals surface area contributed by atoms with Crippen LogP contribution in [0.4, 0.5) is 16.0 Å². The number of ether oxygens (including phenoxy) is 1. The lowest BCUT2D eigenvalue weighted by atomic mass is 9.70. The molecule has 2 aromatic rings. The van der Waals surface area contributed by atoms with Crippen molar-refractivity contribution in [2.45, 2.75) is 49.3 Å². The first-order valence-corrected chi connectivity index (χ1v) is 13.6. The van der Waals surface area contributed by atoms with Gasteiger partial charge in [-0.05, 0) is 31.7 Å². The summed E-state index contributed by atoms with van der Waals surface area (Å²) in [5.41, 5.74) is 0.0378. The van der Waals surface area contributed by atoms with Crippen molar-refractivity contribution in [3.63, 3.8) is 0 Å². The Hall–Kier alpha value is -1.72. The molecule has 0 bridgehead atoms. The second-order valence-corrected chi connectivity index (χ2v) is 11.9. The Kier molecular flexibility index (Phi) is 7.35. The minimum absolute atomic E-state index is 0.204. The molecular weight excluding hydrogens is 505 g/mol. The molecule has 3 aliphatic heterocycles. The van der Waals surface area contributed by atoms with E-state index in [1.165, 1.54) is 11.8 Å². The third-order valence-electron chi connectivity index (χ3n) is 8.33. The predicted octanol–water partition coefficient (Wildman–Crippen LogP) is 3.58. The van der Waals surface area contributed by atoms with E-state index < -0.39 is 12.1 Å². The van der Waals surface area contributed by atoms with Crippen molar-refractivity contribution in [2.75, 3.05) is 55.9 Å². The Bertz CT molecular complexity index is 1090. The third kappa shape index (κ3) is 4.55. The van der Waals surface area contributed by atoms with Crippen LogP contribution in [0.3, 0.4) is 0 Å². The summed E-state index contributed by atoms with van der Waals surface area (Å²) in [6.45, 7) is 6.73. The molecule has 11 heteroatoms. The summed E-state index contributed by atoms with van der Waals surface area (Å²) in [5.74, 6) is 1.82. The van der Waals surface area contributed by atoms with Crippen LogP contribution in [0.5, 0.6) is 0 Å². The summed E-state index contributed by atoms with van der Waals surface area (Å²) in [4.78, 5) is 18.6. The van der Waals surface area contributed by atoms with Gasteiger partial charge in [0.15, 0.2) is 5.82 Å². The highest BCUT2D eigenvalue weighted by molar-refractivity contribution is 7.99. The Morgan fingerprint density at radius 1 is 1.17 bits per heavy atom. The number of aliphatic hydroxyl groups is 2. The summed E-state index contributed by atoms with van der Waals surface area (Å²) in [7, 11) is 0. The quantitative estimate of drug-likeness (QED) is 0.549. The summed E-state index contributed by atoms with van der Waals surface area (Å²) in [5, 5.41) is 20.6. The Morgan fingerprint density at radius 2 is 1.92 bits per heavy atom. The standard InChI is InChI=1S/C25H33ClFN5O3S/c1-16-17(2)35-15-25(16)4-7-31(8-5-25)22-18(10-33)30-20(9-29-22)36-19-3-6-28-23(21(19)26)32-12-24(11-27,13-32)14-34/h3,6,9,16-17,33-34H,4-5,7-8,10-15H2,1-2H3/t16-,17+/m1/s1. The third-order valence-corrected chi connectivity index (χ3v) is 9.78. The van der Waals surface area contributed by atoms with Gasteiger partial charge in [0.2, 0.25) is 0 Å². The number of hydrogen-bond acceptors (Lipinski definition) is 9. The molecule has 3 saturated heterocycles. The van der Waals surface area contributed by atoms with Gasteiger partial charge in [-0.3, -0.25) is 4.39 Å². The van der Waals surface area contributed by atoms with Crippen molar-refractivity contribution in [1.82, 2.24) is 15.0 Å². The van der Waals surface area contributed by atoms with Gasteiger partial charge < -0.3 is 24.7 Å². The molecule has 2 atom stereocenters. The number of pyridine rings is 1. The number of piperidine rings is 1. The van der Waals surface area contributed by atoms with Gasteiger partial charge >= 0.3 is 0 Å². The summed E-state index contributed by atoms with van der Waals surface area (Å²) >= 11 is 8.01. The van der Waals surface area contributed by atoms with Crippen molar-refractivity contribution >= 4 is 35.0 Å². The fraction of sp³-hybridized carbons (Fsp3) is 0.640. The minimum Gasteiger partial charge on any atom is -0.396 e. The van der Waals surface area contributed by atoms with Crippen LogP contribution in [0.25, 0.3) is 0 Å². The lowest BCUT2D eigenvalue weighted by molar-refractivity contribution is 0.0644. The van der Waals surface area contributed by atoms with Crippen LogP contribution in [0.2, 0.25) is 5.02 Å². The topological polar surface area (TPSA) is 94.8 Å². The average molecular weight is 538 g/mol. The maximum atomic E-state index is 13.3. The highest BCUT2D eigenvalue weighted by Gasteiger charge is 2.47. The van der Waals surface area contributed by atoms with Gasteiger partial charge in [0.1, 0.15) is 23.2 Å². The van der Waals surface area contributed by atoms with Gasteiger partial charge in [0.25, 0.3) is 0 Å². The molecule has 196 valence electrons. The molecule has 36 heavy (non-hydrogen) atoms. The molecule has 3 aliphatic rings. The number of hydrogen-bond donors (Lipinski definition) is 2. The lowest BCUT2D eigenvalue weighted by Gasteiger charge is -2.48. The van der Waals surface area contributed by atoms with Gasteiger partial charge in [-0.2, -0.15) is 0 Å². The fourth-order valence-corrected chi connectivity index (χ4v) is 6.77. The van der Waals surface area contributed by atoms with Crippen molar-refractivity contribution in [3.8, 4) is 0 Å². The second kappa shape index (κ2) is 10.2. The minimum atomic E-state index is -0.735. The summed E-state index contributed by atoms with van der Waals surface area (Å²) in [6, 6.07) is 1.80. The summed E-state index contributed by atoms with van der Waals surface area (Å²) < 4.78 is 19.3. The molecule has 5 heterocycles. The van der Waals surface area contributed by atoms with Crippen molar-refractivity contribution in [1.29, 1.82) is 0 Å². The molecule has 0 unspecified atom stereocenters. The Balaban J connectivity index is 1.28. The van der Waals surface area contributed by atoms with E-state index in [4.69, 9.17) is 16.3 Å². The molecule has 0 aliphatic carbocycles. The van der Waals surface area contributed by atoms with E-state index >= 15 is 0 Å². The van der Waals surface area contributed by atoms with Crippen molar-refractivity contribution < 1.29 is 19.3 Å². The van der Waals surface area contributed by atoms with E-state index in [1.807, 2.05) is 4.90 Å². The zero-order valence-electron chi connectivity index (χ0n) is 20.7. The van der Waals surface area contributed by atoms with E-state index in [0.717, 1.165) is 43.3 Å². The summed E-state index contributed by atoms with van der Waals surface area (Å²) in [6.07, 6.45) is 5.74. The molecule has 1 spiro atoms. The van der Waals surface area contributed by atoms with Gasteiger partial charge in [0, 0.05) is 42.7 Å². The van der Waals surface area contributed by atoms with Crippen LogP contribution in [-0.2, 0) is 11.3 Å². The van der Waals surface area contributed by atoms with E-state index in [2.05, 4.69) is 33.7 Å². The van der Waals surface area contributed by atoms with E-state index in [9.17, 15) is 14.6 Å². The van der Waals surface area contributed by atoms with Crippen LogP contribution in [-0.4, -0.2) is 77.3 Å². The first kappa shape index (κ1) is 25.9. The SMILES string of the molecule is C[C@@H]1OCC2(CCN(c3ncc(Sc4ccnc(N5CC(CO)(CF)C5)c4Cl)nc3CO)CC2)[C@@H]1C. The monoisotopic (exact) mass is 537 g/mol. The molecule has 2 N–H and O–H groups in total.